The molecule has 1 aliphatic carbocycles. The van der Waals surface area contributed by atoms with Crippen LogP contribution in [-0.2, 0) is 0 Å². The second-order valence-corrected chi connectivity index (χ2v) is 5.54. The van der Waals surface area contributed by atoms with Crippen molar-refractivity contribution < 1.29 is 4.74 Å². The van der Waals surface area contributed by atoms with Crippen LogP contribution in [0, 0.1) is 5.92 Å². The highest BCUT2D eigenvalue weighted by Crippen LogP contribution is 2.29. The molecule has 0 aliphatic heterocycles. The molecule has 1 nitrogen and oxygen atoms in total. The van der Waals surface area contributed by atoms with E-state index in [0.29, 0.717) is 6.10 Å². The van der Waals surface area contributed by atoms with Crippen LogP contribution in [-0.4, -0.2) is 6.10 Å². The lowest BCUT2D eigenvalue weighted by Gasteiger charge is -2.28. The summed E-state index contributed by atoms with van der Waals surface area (Å²) >= 11 is 3.43. The maximum absolute atomic E-state index is 5.98. The number of hydrogen-bond donors (Lipinski definition) is 0. The molecule has 2 heteroatoms. The van der Waals surface area contributed by atoms with Crippen LogP contribution >= 0.6 is 15.9 Å². The van der Waals surface area contributed by atoms with E-state index >= 15 is 0 Å². The topological polar surface area (TPSA) is 9.23 Å². The van der Waals surface area contributed by atoms with Gasteiger partial charge in [0.05, 0.1) is 6.10 Å². The molecule has 0 atom stereocenters. The summed E-state index contributed by atoms with van der Waals surface area (Å²) in [5.74, 6) is 1.94. The van der Waals surface area contributed by atoms with Gasteiger partial charge in [0.1, 0.15) is 5.75 Å². The summed E-state index contributed by atoms with van der Waals surface area (Å²) in [5.41, 5.74) is 0. The van der Waals surface area contributed by atoms with Gasteiger partial charge >= 0.3 is 0 Å². The largest absolute Gasteiger partial charge is 0.490 e. The second-order valence-electron chi connectivity index (χ2n) is 4.62. The van der Waals surface area contributed by atoms with Gasteiger partial charge in [0.15, 0.2) is 0 Å². The van der Waals surface area contributed by atoms with E-state index in [9.17, 15) is 0 Å². The van der Waals surface area contributed by atoms with Crippen molar-refractivity contribution in [2.24, 2.45) is 5.92 Å². The van der Waals surface area contributed by atoms with Crippen LogP contribution in [0.2, 0.25) is 0 Å². The molecule has 0 radical (unpaired) electrons. The van der Waals surface area contributed by atoms with Crippen LogP contribution in [0.5, 0.6) is 5.75 Å². The minimum atomic E-state index is 0.434. The predicted octanol–water partition coefficient (Wildman–Crippen LogP) is 4.80. The molecule has 1 aromatic rings. The lowest BCUT2D eigenvalue weighted by atomic mass is 9.86. The van der Waals surface area contributed by atoms with Gasteiger partial charge in [0.25, 0.3) is 0 Å². The third-order valence-electron chi connectivity index (χ3n) is 3.49. The van der Waals surface area contributed by atoms with Crippen molar-refractivity contribution in [3.05, 3.63) is 28.7 Å². The van der Waals surface area contributed by atoms with Crippen molar-refractivity contribution in [3.8, 4) is 5.75 Å². The summed E-state index contributed by atoms with van der Waals surface area (Å²) in [6, 6.07) is 8.14. The fourth-order valence-corrected chi connectivity index (χ4v) is 2.63. The maximum Gasteiger partial charge on any atom is 0.119 e. The van der Waals surface area contributed by atoms with E-state index in [4.69, 9.17) is 4.74 Å². The Kier molecular flexibility index (Phi) is 4.28. The number of rotatable bonds is 3. The average molecular weight is 283 g/mol. The Morgan fingerprint density at radius 1 is 1.12 bits per heavy atom. The first-order valence-electron chi connectivity index (χ1n) is 6.20. The van der Waals surface area contributed by atoms with Gasteiger partial charge in [-0.3, -0.25) is 0 Å². The van der Waals surface area contributed by atoms with Gasteiger partial charge < -0.3 is 4.74 Å². The van der Waals surface area contributed by atoms with Crippen LogP contribution in [0.15, 0.2) is 28.7 Å². The molecule has 0 aromatic heterocycles. The molecule has 0 heterocycles. The molecule has 0 spiro atoms. The average Bonchev–Trinajstić information content (AvgIpc) is 2.33. The highest BCUT2D eigenvalue weighted by molar-refractivity contribution is 9.10. The first-order valence-corrected chi connectivity index (χ1v) is 6.99. The Morgan fingerprint density at radius 3 is 2.31 bits per heavy atom. The van der Waals surface area contributed by atoms with Gasteiger partial charge in [-0.1, -0.05) is 29.3 Å². The van der Waals surface area contributed by atoms with Crippen LogP contribution in [0.4, 0.5) is 0 Å². The smallest absolute Gasteiger partial charge is 0.119 e. The first-order chi connectivity index (χ1) is 7.78. The Morgan fingerprint density at radius 2 is 1.75 bits per heavy atom. The third kappa shape index (κ3) is 3.24. The van der Waals surface area contributed by atoms with Gasteiger partial charge in [0.2, 0.25) is 0 Å². The summed E-state index contributed by atoms with van der Waals surface area (Å²) in [7, 11) is 0. The molecule has 88 valence electrons. The molecule has 1 fully saturated rings. The van der Waals surface area contributed by atoms with Crippen LogP contribution in [0.3, 0.4) is 0 Å². The van der Waals surface area contributed by atoms with E-state index in [2.05, 4.69) is 22.9 Å². The van der Waals surface area contributed by atoms with Gasteiger partial charge in [-0.25, -0.2) is 0 Å². The molecule has 0 N–H and O–H groups in total. The lowest BCUT2D eigenvalue weighted by molar-refractivity contribution is 0.130. The Bertz CT molecular complexity index is 312. The van der Waals surface area contributed by atoms with Gasteiger partial charge in [0, 0.05) is 4.47 Å². The lowest BCUT2D eigenvalue weighted by Crippen LogP contribution is -2.23. The molecule has 2 rings (SSSR count). The normalized spacial score (nSPS) is 25.4. The van der Waals surface area contributed by atoms with Crippen LogP contribution < -0.4 is 4.74 Å². The zero-order valence-corrected chi connectivity index (χ0v) is 11.4. The van der Waals surface area contributed by atoms with Crippen molar-refractivity contribution in [1.82, 2.24) is 0 Å². The van der Waals surface area contributed by atoms with Crippen molar-refractivity contribution in [3.63, 3.8) is 0 Å². The molecule has 0 amide bonds. The molecule has 1 saturated carbocycles. The monoisotopic (exact) mass is 282 g/mol. The van der Waals surface area contributed by atoms with Gasteiger partial charge in [-0.05, 0) is 55.9 Å². The van der Waals surface area contributed by atoms with Crippen LogP contribution in [0.25, 0.3) is 0 Å². The summed E-state index contributed by atoms with van der Waals surface area (Å²) < 4.78 is 7.09. The highest BCUT2D eigenvalue weighted by atomic mass is 79.9. The fourth-order valence-electron chi connectivity index (χ4n) is 2.36. The zero-order valence-electron chi connectivity index (χ0n) is 9.79. The summed E-state index contributed by atoms with van der Waals surface area (Å²) in [6.45, 7) is 2.29. The quantitative estimate of drug-likeness (QED) is 0.774. The van der Waals surface area contributed by atoms with Crippen LogP contribution in [0.1, 0.15) is 39.0 Å². The molecule has 0 unspecified atom stereocenters. The molecule has 16 heavy (non-hydrogen) atoms. The minimum Gasteiger partial charge on any atom is -0.490 e. The SMILES string of the molecule is CC[C@H]1CC[C@@H](Oc2ccc(Br)cc2)CC1. The first kappa shape index (κ1) is 12.0. The van der Waals surface area contributed by atoms with Crippen molar-refractivity contribution in [2.45, 2.75) is 45.1 Å². The Hall–Kier alpha value is -0.500. The van der Waals surface area contributed by atoms with Crippen molar-refractivity contribution in [1.29, 1.82) is 0 Å². The van der Waals surface area contributed by atoms with Gasteiger partial charge in [-0.2, -0.15) is 0 Å². The van der Waals surface area contributed by atoms with E-state index in [1.54, 1.807) is 0 Å². The standard InChI is InChI=1S/C14H19BrO/c1-2-11-3-7-13(8-4-11)16-14-9-5-12(15)6-10-14/h5-6,9-11,13H,2-4,7-8H2,1H3/t11-,13+. The predicted molar refractivity (Wildman–Crippen MR) is 70.8 cm³/mol. The molecular formula is C14H19BrO. The molecule has 0 saturated heterocycles. The maximum atomic E-state index is 5.98. The second kappa shape index (κ2) is 5.72. The number of halogens is 1. The summed E-state index contributed by atoms with van der Waals surface area (Å²) in [4.78, 5) is 0. The zero-order chi connectivity index (χ0) is 11.4. The molecule has 1 aromatic carbocycles. The number of benzene rings is 1. The Balaban J connectivity index is 1.84. The van der Waals surface area contributed by atoms with Crippen molar-refractivity contribution >= 4 is 15.9 Å². The third-order valence-corrected chi connectivity index (χ3v) is 4.02. The van der Waals surface area contributed by atoms with E-state index in [0.717, 1.165) is 16.1 Å². The fraction of sp³-hybridized carbons (Fsp3) is 0.571. The number of ether oxygens (including phenoxy) is 1. The number of hydrogen-bond acceptors (Lipinski definition) is 1. The molecular weight excluding hydrogens is 264 g/mol. The van der Waals surface area contributed by atoms with Crippen molar-refractivity contribution in [2.75, 3.05) is 0 Å². The van der Waals surface area contributed by atoms with E-state index in [1.165, 1.54) is 32.1 Å². The van der Waals surface area contributed by atoms with E-state index in [1.807, 2.05) is 24.3 Å². The van der Waals surface area contributed by atoms with E-state index < -0.39 is 0 Å². The molecule has 0 bridgehead atoms. The summed E-state index contributed by atoms with van der Waals surface area (Å²) in [5, 5.41) is 0. The highest BCUT2D eigenvalue weighted by Gasteiger charge is 2.20. The minimum absolute atomic E-state index is 0.434. The summed E-state index contributed by atoms with van der Waals surface area (Å²) in [6.07, 6.45) is 6.85. The van der Waals surface area contributed by atoms with Gasteiger partial charge in [-0.15, -0.1) is 0 Å². The Labute approximate surface area is 106 Å². The molecule has 1 aliphatic rings. The van der Waals surface area contributed by atoms with E-state index in [-0.39, 0.29) is 0 Å².